The summed E-state index contributed by atoms with van der Waals surface area (Å²) in [7, 11) is 1.67. The van der Waals surface area contributed by atoms with Crippen molar-refractivity contribution in [3.63, 3.8) is 0 Å². The molecule has 0 radical (unpaired) electrons. The minimum absolute atomic E-state index is 0.00115. The van der Waals surface area contributed by atoms with Crippen molar-refractivity contribution >= 4 is 12.0 Å². The molecule has 1 fully saturated rings. The van der Waals surface area contributed by atoms with Crippen LogP contribution in [0.5, 0.6) is 0 Å². The van der Waals surface area contributed by atoms with Gasteiger partial charge in [0.25, 0.3) is 0 Å². The van der Waals surface area contributed by atoms with Crippen molar-refractivity contribution in [3.05, 3.63) is 0 Å². The Morgan fingerprint density at radius 2 is 1.82 bits per heavy atom. The molecule has 0 aromatic heterocycles. The predicted octanol–water partition coefficient (Wildman–Crippen LogP) is 1.78. The molecule has 1 rings (SSSR count). The number of likely N-dealkylation sites (tertiary alicyclic amines) is 1. The molecular weight excluding hydrogens is 220 g/mol. The van der Waals surface area contributed by atoms with E-state index in [0.29, 0.717) is 0 Å². The lowest BCUT2D eigenvalue weighted by Crippen LogP contribution is -2.52. The van der Waals surface area contributed by atoms with Crippen molar-refractivity contribution in [3.8, 4) is 0 Å². The normalized spacial score (nSPS) is 24.5. The van der Waals surface area contributed by atoms with Crippen molar-refractivity contribution in [2.75, 3.05) is 13.6 Å². The van der Waals surface area contributed by atoms with Gasteiger partial charge < -0.3 is 14.9 Å². The van der Waals surface area contributed by atoms with Gasteiger partial charge >= 0.3 is 12.0 Å². The average molecular weight is 242 g/mol. The van der Waals surface area contributed by atoms with Gasteiger partial charge in [-0.25, -0.2) is 4.79 Å². The fraction of sp³-hybridized carbons (Fsp3) is 0.833. The van der Waals surface area contributed by atoms with Crippen LogP contribution >= 0.6 is 0 Å². The van der Waals surface area contributed by atoms with Crippen LogP contribution in [0.25, 0.3) is 0 Å². The molecule has 0 saturated carbocycles. The van der Waals surface area contributed by atoms with Gasteiger partial charge in [-0.2, -0.15) is 0 Å². The average Bonchev–Trinajstić information content (AvgIpc) is 2.25. The van der Waals surface area contributed by atoms with E-state index >= 15 is 0 Å². The summed E-state index contributed by atoms with van der Waals surface area (Å²) in [5, 5.41) is 8.61. The molecule has 98 valence electrons. The Kier molecular flexibility index (Phi) is 4.78. The summed E-state index contributed by atoms with van der Waals surface area (Å²) in [4.78, 5) is 26.1. The van der Waals surface area contributed by atoms with Crippen LogP contribution in [0.15, 0.2) is 0 Å². The molecule has 0 bridgehead atoms. The van der Waals surface area contributed by atoms with Crippen molar-refractivity contribution in [2.24, 2.45) is 0 Å². The Morgan fingerprint density at radius 1 is 1.29 bits per heavy atom. The molecule has 2 atom stereocenters. The zero-order chi connectivity index (χ0) is 13.0. The largest absolute Gasteiger partial charge is 0.481 e. The Bertz CT molecular complexity index is 283. The molecule has 17 heavy (non-hydrogen) atoms. The van der Waals surface area contributed by atoms with Gasteiger partial charge in [-0.05, 0) is 33.1 Å². The quantitative estimate of drug-likeness (QED) is 0.820. The van der Waals surface area contributed by atoms with Gasteiger partial charge in [0.1, 0.15) is 0 Å². The smallest absolute Gasteiger partial charge is 0.320 e. The molecule has 1 aliphatic rings. The summed E-state index contributed by atoms with van der Waals surface area (Å²) in [6, 6.07) is 0.447. The van der Waals surface area contributed by atoms with Crippen molar-refractivity contribution in [1.29, 1.82) is 0 Å². The van der Waals surface area contributed by atoms with Gasteiger partial charge in [-0.1, -0.05) is 0 Å². The number of rotatable bonds is 3. The molecule has 5 nitrogen and oxygen atoms in total. The number of nitrogens with zero attached hydrogens (tertiary/aromatic N) is 2. The minimum Gasteiger partial charge on any atom is -0.481 e. The third-order valence-corrected chi connectivity index (χ3v) is 3.40. The fourth-order valence-electron chi connectivity index (χ4n) is 2.35. The highest BCUT2D eigenvalue weighted by Crippen LogP contribution is 2.23. The van der Waals surface area contributed by atoms with E-state index in [0.717, 1.165) is 19.3 Å². The van der Waals surface area contributed by atoms with Crippen LogP contribution < -0.4 is 0 Å². The Balaban J connectivity index is 2.57. The van der Waals surface area contributed by atoms with Gasteiger partial charge in [-0.3, -0.25) is 4.79 Å². The number of urea groups is 1. The van der Waals surface area contributed by atoms with E-state index in [9.17, 15) is 9.59 Å². The summed E-state index contributed by atoms with van der Waals surface area (Å²) >= 11 is 0. The Morgan fingerprint density at radius 3 is 2.29 bits per heavy atom. The van der Waals surface area contributed by atoms with E-state index in [2.05, 4.69) is 13.8 Å². The van der Waals surface area contributed by atoms with Crippen LogP contribution in [-0.4, -0.2) is 52.6 Å². The monoisotopic (exact) mass is 242 g/mol. The summed E-state index contributed by atoms with van der Waals surface area (Å²) < 4.78 is 0. The number of carbonyl (C=O) groups excluding carboxylic acids is 1. The number of carboxylic acids is 1. The molecular formula is C12H22N2O3. The van der Waals surface area contributed by atoms with E-state index < -0.39 is 5.97 Å². The minimum atomic E-state index is -0.871. The van der Waals surface area contributed by atoms with Gasteiger partial charge in [0, 0.05) is 25.7 Å². The van der Waals surface area contributed by atoms with Crippen LogP contribution in [0, 0.1) is 0 Å². The summed E-state index contributed by atoms with van der Waals surface area (Å²) in [6.45, 7) is 4.38. The Hall–Kier alpha value is -1.26. The molecule has 1 aliphatic heterocycles. The van der Waals surface area contributed by atoms with Crippen molar-refractivity contribution in [1.82, 2.24) is 9.80 Å². The van der Waals surface area contributed by atoms with Crippen LogP contribution in [0.4, 0.5) is 4.79 Å². The third-order valence-electron chi connectivity index (χ3n) is 3.40. The first kappa shape index (κ1) is 13.8. The van der Waals surface area contributed by atoms with Crippen LogP contribution in [-0.2, 0) is 4.79 Å². The first-order valence-corrected chi connectivity index (χ1v) is 6.18. The number of carboxylic acid groups (broad SMARTS) is 1. The highest BCUT2D eigenvalue weighted by Gasteiger charge is 2.30. The SMILES string of the molecule is C[C@@H]1CCC[C@H](C)N1C(=O)N(C)CCC(=O)O. The van der Waals surface area contributed by atoms with Crippen LogP contribution in [0.2, 0.25) is 0 Å². The van der Waals surface area contributed by atoms with Crippen LogP contribution in [0.1, 0.15) is 39.5 Å². The van der Waals surface area contributed by atoms with E-state index in [1.807, 2.05) is 4.90 Å². The molecule has 1 saturated heterocycles. The standard InChI is InChI=1S/C12H22N2O3/c1-9-5-4-6-10(2)14(9)12(17)13(3)8-7-11(15)16/h9-10H,4-8H2,1-3H3,(H,15,16)/t9-,10+. The maximum absolute atomic E-state index is 12.2. The molecule has 0 aromatic rings. The zero-order valence-corrected chi connectivity index (χ0v) is 10.8. The van der Waals surface area contributed by atoms with E-state index in [1.54, 1.807) is 7.05 Å². The Labute approximate surface area is 102 Å². The first-order valence-electron chi connectivity index (χ1n) is 6.18. The first-order chi connectivity index (χ1) is 7.93. The lowest BCUT2D eigenvalue weighted by atomic mass is 9.98. The zero-order valence-electron chi connectivity index (χ0n) is 10.8. The molecule has 1 heterocycles. The molecule has 0 unspecified atom stereocenters. The number of piperidine rings is 1. The fourth-order valence-corrected chi connectivity index (χ4v) is 2.35. The maximum Gasteiger partial charge on any atom is 0.320 e. The third kappa shape index (κ3) is 3.61. The van der Waals surface area contributed by atoms with E-state index in [-0.39, 0.29) is 31.1 Å². The van der Waals surface area contributed by atoms with E-state index in [1.165, 1.54) is 4.90 Å². The second-order valence-corrected chi connectivity index (χ2v) is 4.88. The molecule has 0 aromatic carbocycles. The molecule has 5 heteroatoms. The second kappa shape index (κ2) is 5.89. The van der Waals surface area contributed by atoms with E-state index in [4.69, 9.17) is 5.11 Å². The number of hydrogen-bond donors (Lipinski definition) is 1. The lowest BCUT2D eigenvalue weighted by Gasteiger charge is -2.41. The van der Waals surface area contributed by atoms with Crippen LogP contribution in [0.3, 0.4) is 0 Å². The summed E-state index contributed by atoms with van der Waals surface area (Å²) in [5.74, 6) is -0.871. The topological polar surface area (TPSA) is 60.9 Å². The van der Waals surface area contributed by atoms with Gasteiger partial charge in [0.05, 0.1) is 6.42 Å². The van der Waals surface area contributed by atoms with Gasteiger partial charge in [0.15, 0.2) is 0 Å². The number of amides is 2. The predicted molar refractivity (Wildman–Crippen MR) is 64.9 cm³/mol. The second-order valence-electron chi connectivity index (χ2n) is 4.88. The molecule has 0 aliphatic carbocycles. The molecule has 1 N–H and O–H groups in total. The summed E-state index contributed by atoms with van der Waals surface area (Å²) in [5.41, 5.74) is 0. The van der Waals surface area contributed by atoms with Gasteiger partial charge in [0.2, 0.25) is 0 Å². The number of aliphatic carboxylic acids is 1. The highest BCUT2D eigenvalue weighted by molar-refractivity contribution is 5.76. The van der Waals surface area contributed by atoms with Gasteiger partial charge in [-0.15, -0.1) is 0 Å². The molecule has 0 spiro atoms. The van der Waals surface area contributed by atoms with Crippen molar-refractivity contribution < 1.29 is 14.7 Å². The number of hydrogen-bond acceptors (Lipinski definition) is 2. The highest BCUT2D eigenvalue weighted by atomic mass is 16.4. The lowest BCUT2D eigenvalue weighted by molar-refractivity contribution is -0.137. The maximum atomic E-state index is 12.2. The van der Waals surface area contributed by atoms with Crippen molar-refractivity contribution in [2.45, 2.75) is 51.6 Å². The molecule has 2 amide bonds. The summed E-state index contributed by atoms with van der Waals surface area (Å²) in [6.07, 6.45) is 3.22. The number of carbonyl (C=O) groups is 2.